The number of carbonyl (C=O) groups is 1. The third-order valence-electron chi connectivity index (χ3n) is 4.52. The minimum Gasteiger partial charge on any atom is -0.325 e. The predicted octanol–water partition coefficient (Wildman–Crippen LogP) is 3.21. The van der Waals surface area contributed by atoms with Gasteiger partial charge in [-0.05, 0) is 62.5 Å². The fourth-order valence-electron chi connectivity index (χ4n) is 3.21. The van der Waals surface area contributed by atoms with Gasteiger partial charge in [0.15, 0.2) is 0 Å². The largest absolute Gasteiger partial charge is 0.325 e. The van der Waals surface area contributed by atoms with Crippen molar-refractivity contribution in [2.45, 2.75) is 52.0 Å². The zero-order valence-corrected chi connectivity index (χ0v) is 14.8. The second kappa shape index (κ2) is 9.04. The van der Waals surface area contributed by atoms with Crippen LogP contribution in [0.2, 0.25) is 0 Å². The molecule has 0 unspecified atom stereocenters. The summed E-state index contributed by atoms with van der Waals surface area (Å²) in [5.41, 5.74) is 2.16. The number of rotatable bonds is 7. The molecular formula is C19H31N3O. The summed E-state index contributed by atoms with van der Waals surface area (Å²) in [5, 5.41) is 6.46. The molecule has 1 amide bonds. The van der Waals surface area contributed by atoms with E-state index in [0.29, 0.717) is 18.5 Å². The number of hydrogen-bond donors (Lipinski definition) is 2. The van der Waals surface area contributed by atoms with E-state index in [-0.39, 0.29) is 5.91 Å². The van der Waals surface area contributed by atoms with E-state index in [2.05, 4.69) is 48.4 Å². The number of amides is 1. The first-order valence-electron chi connectivity index (χ1n) is 8.94. The Labute approximate surface area is 140 Å². The van der Waals surface area contributed by atoms with Crippen LogP contribution in [0.4, 0.5) is 5.69 Å². The Hall–Kier alpha value is -1.39. The molecule has 0 aromatic heterocycles. The molecule has 0 atom stereocenters. The van der Waals surface area contributed by atoms with Crippen LogP contribution in [0.3, 0.4) is 0 Å². The molecule has 1 aliphatic heterocycles. The van der Waals surface area contributed by atoms with E-state index >= 15 is 0 Å². The fraction of sp³-hybridized carbons (Fsp3) is 0.632. The van der Waals surface area contributed by atoms with Crippen LogP contribution in [-0.4, -0.2) is 43.0 Å². The quantitative estimate of drug-likeness (QED) is 0.811. The number of carbonyl (C=O) groups excluding carboxylic acids is 1. The highest BCUT2D eigenvalue weighted by Crippen LogP contribution is 2.19. The SMILES string of the molecule is CCCN(CC(=O)Nc1cccc(C(C)C)c1)C1CCNCC1. The second-order valence-electron chi connectivity index (χ2n) is 6.78. The van der Waals surface area contributed by atoms with Crippen LogP contribution in [0.5, 0.6) is 0 Å². The van der Waals surface area contributed by atoms with Gasteiger partial charge in [-0.3, -0.25) is 9.69 Å². The lowest BCUT2D eigenvalue weighted by Crippen LogP contribution is -2.46. The van der Waals surface area contributed by atoms with Gasteiger partial charge >= 0.3 is 0 Å². The van der Waals surface area contributed by atoms with Crippen molar-refractivity contribution in [3.63, 3.8) is 0 Å². The van der Waals surface area contributed by atoms with Crippen molar-refractivity contribution in [2.24, 2.45) is 0 Å². The smallest absolute Gasteiger partial charge is 0.238 e. The summed E-state index contributed by atoms with van der Waals surface area (Å²) in [6.07, 6.45) is 3.35. The molecule has 4 heteroatoms. The Balaban J connectivity index is 1.94. The summed E-state index contributed by atoms with van der Waals surface area (Å²) in [4.78, 5) is 14.8. The molecule has 2 rings (SSSR count). The number of hydrogen-bond acceptors (Lipinski definition) is 3. The topological polar surface area (TPSA) is 44.4 Å². The molecule has 1 fully saturated rings. The van der Waals surface area contributed by atoms with Gasteiger partial charge in [0, 0.05) is 11.7 Å². The van der Waals surface area contributed by atoms with Crippen LogP contribution >= 0.6 is 0 Å². The molecule has 1 aromatic carbocycles. The predicted molar refractivity (Wildman–Crippen MR) is 96.9 cm³/mol. The zero-order chi connectivity index (χ0) is 16.7. The summed E-state index contributed by atoms with van der Waals surface area (Å²) in [6.45, 7) is 10.1. The van der Waals surface area contributed by atoms with Gasteiger partial charge in [0.25, 0.3) is 0 Å². The highest BCUT2D eigenvalue weighted by molar-refractivity contribution is 5.92. The van der Waals surface area contributed by atoms with E-state index in [1.165, 1.54) is 5.56 Å². The monoisotopic (exact) mass is 317 g/mol. The van der Waals surface area contributed by atoms with Gasteiger partial charge in [-0.2, -0.15) is 0 Å². The van der Waals surface area contributed by atoms with Crippen molar-refractivity contribution in [1.29, 1.82) is 0 Å². The molecule has 0 spiro atoms. The minimum absolute atomic E-state index is 0.0953. The summed E-state index contributed by atoms with van der Waals surface area (Å²) < 4.78 is 0. The fourth-order valence-corrected chi connectivity index (χ4v) is 3.21. The van der Waals surface area contributed by atoms with E-state index in [1.807, 2.05) is 12.1 Å². The second-order valence-corrected chi connectivity index (χ2v) is 6.78. The molecule has 0 bridgehead atoms. The van der Waals surface area contributed by atoms with Gasteiger partial charge in [-0.25, -0.2) is 0 Å². The van der Waals surface area contributed by atoms with Gasteiger partial charge in [-0.1, -0.05) is 32.9 Å². The molecule has 0 radical (unpaired) electrons. The first-order valence-corrected chi connectivity index (χ1v) is 8.94. The lowest BCUT2D eigenvalue weighted by Gasteiger charge is -2.34. The van der Waals surface area contributed by atoms with Crippen molar-refractivity contribution in [1.82, 2.24) is 10.2 Å². The van der Waals surface area contributed by atoms with Crippen molar-refractivity contribution < 1.29 is 4.79 Å². The Morgan fingerprint density at radius 1 is 1.35 bits per heavy atom. The molecule has 1 aliphatic rings. The van der Waals surface area contributed by atoms with Crippen LogP contribution in [0.15, 0.2) is 24.3 Å². The highest BCUT2D eigenvalue weighted by atomic mass is 16.2. The average molecular weight is 317 g/mol. The van der Waals surface area contributed by atoms with Gasteiger partial charge < -0.3 is 10.6 Å². The van der Waals surface area contributed by atoms with Crippen LogP contribution in [0, 0.1) is 0 Å². The molecular weight excluding hydrogens is 286 g/mol. The van der Waals surface area contributed by atoms with Gasteiger partial charge in [0.05, 0.1) is 6.54 Å². The Morgan fingerprint density at radius 3 is 2.74 bits per heavy atom. The maximum Gasteiger partial charge on any atom is 0.238 e. The van der Waals surface area contributed by atoms with Gasteiger partial charge in [0.2, 0.25) is 5.91 Å². The Kier molecular flexibility index (Phi) is 7.06. The van der Waals surface area contributed by atoms with Crippen LogP contribution in [-0.2, 0) is 4.79 Å². The van der Waals surface area contributed by atoms with E-state index in [9.17, 15) is 4.79 Å². The maximum atomic E-state index is 12.5. The Morgan fingerprint density at radius 2 is 2.09 bits per heavy atom. The summed E-state index contributed by atoms with van der Waals surface area (Å²) in [5.74, 6) is 0.566. The van der Waals surface area contributed by atoms with Gasteiger partial charge in [-0.15, -0.1) is 0 Å². The summed E-state index contributed by atoms with van der Waals surface area (Å²) in [6, 6.07) is 8.71. The number of benzene rings is 1. The number of nitrogens with zero attached hydrogens (tertiary/aromatic N) is 1. The molecule has 1 heterocycles. The Bertz CT molecular complexity index is 495. The third-order valence-corrected chi connectivity index (χ3v) is 4.52. The molecule has 128 valence electrons. The van der Waals surface area contributed by atoms with E-state index < -0.39 is 0 Å². The average Bonchev–Trinajstić information content (AvgIpc) is 2.55. The maximum absolute atomic E-state index is 12.5. The molecule has 1 saturated heterocycles. The van der Waals surface area contributed by atoms with Crippen molar-refractivity contribution in [3.05, 3.63) is 29.8 Å². The third kappa shape index (κ3) is 5.63. The lowest BCUT2D eigenvalue weighted by molar-refractivity contribution is -0.118. The standard InChI is InChI=1S/C19H31N3O/c1-4-12-22(18-8-10-20-11-9-18)14-19(23)21-17-7-5-6-16(13-17)15(2)3/h5-7,13,15,18,20H,4,8-12,14H2,1-3H3,(H,21,23). The van der Waals surface area contributed by atoms with Crippen LogP contribution in [0.1, 0.15) is 51.5 Å². The van der Waals surface area contributed by atoms with Crippen molar-refractivity contribution in [3.8, 4) is 0 Å². The molecule has 0 saturated carbocycles. The molecule has 0 aliphatic carbocycles. The first-order chi connectivity index (χ1) is 11.1. The zero-order valence-electron chi connectivity index (χ0n) is 14.8. The molecule has 2 N–H and O–H groups in total. The molecule has 4 nitrogen and oxygen atoms in total. The normalized spacial score (nSPS) is 16.0. The summed E-state index contributed by atoms with van der Waals surface area (Å²) >= 11 is 0. The molecule has 1 aromatic rings. The van der Waals surface area contributed by atoms with E-state index in [0.717, 1.165) is 44.6 Å². The van der Waals surface area contributed by atoms with Crippen molar-refractivity contribution in [2.75, 3.05) is 31.5 Å². The number of nitrogens with one attached hydrogen (secondary N) is 2. The van der Waals surface area contributed by atoms with E-state index in [4.69, 9.17) is 0 Å². The number of anilines is 1. The van der Waals surface area contributed by atoms with Crippen LogP contribution < -0.4 is 10.6 Å². The number of piperidine rings is 1. The lowest BCUT2D eigenvalue weighted by atomic mass is 10.0. The minimum atomic E-state index is 0.0953. The first kappa shape index (κ1) is 18.0. The van der Waals surface area contributed by atoms with E-state index in [1.54, 1.807) is 0 Å². The van der Waals surface area contributed by atoms with Gasteiger partial charge in [0.1, 0.15) is 0 Å². The van der Waals surface area contributed by atoms with Crippen LogP contribution in [0.25, 0.3) is 0 Å². The molecule has 23 heavy (non-hydrogen) atoms. The van der Waals surface area contributed by atoms with Crippen molar-refractivity contribution >= 4 is 11.6 Å². The summed E-state index contributed by atoms with van der Waals surface area (Å²) in [7, 11) is 0. The highest BCUT2D eigenvalue weighted by Gasteiger charge is 2.22.